The van der Waals surface area contributed by atoms with Crippen molar-refractivity contribution in [3.8, 4) is 5.69 Å². The minimum atomic E-state index is -1.02. The molecule has 0 saturated heterocycles. The first-order chi connectivity index (χ1) is 12.5. The van der Waals surface area contributed by atoms with Crippen molar-refractivity contribution in [2.75, 3.05) is 11.1 Å². The van der Waals surface area contributed by atoms with Crippen LogP contribution in [0, 0.1) is 0 Å². The summed E-state index contributed by atoms with van der Waals surface area (Å²) < 4.78 is 1.42. The molecule has 1 amide bonds. The number of halogens is 1. The maximum Gasteiger partial charge on any atom is 0.335 e. The standard InChI is InChI=1S/C15H11ClN6O3S/c16-10-3-6-12(17-7-10)18-13(23)8-26-15-19-20-21-22(15)11-4-1-9(2-5-11)14(24)25/h1-7H,8H2,(H,24,25)(H,17,18,23). The summed E-state index contributed by atoms with van der Waals surface area (Å²) in [7, 11) is 0. The van der Waals surface area contributed by atoms with E-state index in [4.69, 9.17) is 16.7 Å². The Labute approximate surface area is 156 Å². The van der Waals surface area contributed by atoms with Crippen LogP contribution in [0.2, 0.25) is 5.02 Å². The highest BCUT2D eigenvalue weighted by atomic mass is 35.5. The van der Waals surface area contributed by atoms with Gasteiger partial charge in [0.2, 0.25) is 11.1 Å². The Morgan fingerprint density at radius 3 is 2.62 bits per heavy atom. The summed E-state index contributed by atoms with van der Waals surface area (Å²) in [5.74, 6) is -0.836. The van der Waals surface area contributed by atoms with Gasteiger partial charge in [-0.2, -0.15) is 4.68 Å². The molecule has 0 bridgehead atoms. The minimum Gasteiger partial charge on any atom is -0.478 e. The van der Waals surface area contributed by atoms with Gasteiger partial charge in [0.15, 0.2) is 0 Å². The molecule has 0 spiro atoms. The van der Waals surface area contributed by atoms with Gasteiger partial charge in [0.25, 0.3) is 0 Å². The number of carbonyl (C=O) groups excluding carboxylic acids is 1. The van der Waals surface area contributed by atoms with Crippen LogP contribution in [-0.4, -0.2) is 47.9 Å². The lowest BCUT2D eigenvalue weighted by atomic mass is 10.2. The number of aromatic nitrogens is 5. The van der Waals surface area contributed by atoms with E-state index in [9.17, 15) is 9.59 Å². The van der Waals surface area contributed by atoms with Crippen molar-refractivity contribution in [1.82, 2.24) is 25.2 Å². The second-order valence-electron chi connectivity index (χ2n) is 4.92. The third-order valence-electron chi connectivity index (χ3n) is 3.13. The Bertz CT molecular complexity index is 929. The van der Waals surface area contributed by atoms with E-state index in [2.05, 4.69) is 25.8 Å². The maximum atomic E-state index is 12.0. The fourth-order valence-corrected chi connectivity index (χ4v) is 2.74. The highest BCUT2D eigenvalue weighted by molar-refractivity contribution is 7.99. The van der Waals surface area contributed by atoms with Crippen LogP contribution < -0.4 is 5.32 Å². The van der Waals surface area contributed by atoms with Crippen LogP contribution >= 0.6 is 23.4 Å². The number of anilines is 1. The van der Waals surface area contributed by atoms with E-state index in [-0.39, 0.29) is 17.2 Å². The van der Waals surface area contributed by atoms with Crippen molar-refractivity contribution in [3.63, 3.8) is 0 Å². The summed E-state index contributed by atoms with van der Waals surface area (Å²) in [6, 6.07) is 9.29. The number of nitrogens with one attached hydrogen (secondary N) is 1. The van der Waals surface area contributed by atoms with Crippen LogP contribution in [0.4, 0.5) is 5.82 Å². The number of thioether (sulfide) groups is 1. The zero-order valence-corrected chi connectivity index (χ0v) is 14.6. The van der Waals surface area contributed by atoms with Crippen molar-refractivity contribution in [2.45, 2.75) is 5.16 Å². The molecule has 0 aliphatic rings. The van der Waals surface area contributed by atoms with Gasteiger partial charge in [-0.3, -0.25) is 4.79 Å². The average Bonchev–Trinajstić information content (AvgIpc) is 3.10. The number of amides is 1. The number of hydrogen-bond acceptors (Lipinski definition) is 7. The molecule has 11 heteroatoms. The molecule has 132 valence electrons. The van der Waals surface area contributed by atoms with Gasteiger partial charge in [-0.15, -0.1) is 5.10 Å². The van der Waals surface area contributed by atoms with Crippen molar-refractivity contribution in [3.05, 3.63) is 53.2 Å². The van der Waals surface area contributed by atoms with Gasteiger partial charge in [-0.1, -0.05) is 23.4 Å². The predicted molar refractivity (Wildman–Crippen MR) is 94.7 cm³/mol. The predicted octanol–water partition coefficient (Wildman–Crippen LogP) is 2.14. The molecule has 3 rings (SSSR count). The third kappa shape index (κ3) is 4.35. The van der Waals surface area contributed by atoms with E-state index >= 15 is 0 Å². The average molecular weight is 391 g/mol. The number of pyridine rings is 1. The van der Waals surface area contributed by atoms with Gasteiger partial charge >= 0.3 is 5.97 Å². The Hall–Kier alpha value is -2.98. The van der Waals surface area contributed by atoms with Crippen molar-refractivity contribution in [2.24, 2.45) is 0 Å². The molecule has 0 fully saturated rings. The summed E-state index contributed by atoms with van der Waals surface area (Å²) in [5, 5.41) is 23.8. The number of aromatic carboxylic acids is 1. The Morgan fingerprint density at radius 2 is 1.96 bits per heavy atom. The molecule has 3 aromatic rings. The number of carbonyl (C=O) groups is 2. The SMILES string of the molecule is O=C(CSc1nnnn1-c1ccc(C(=O)O)cc1)Nc1ccc(Cl)cn1. The fraction of sp³-hybridized carbons (Fsp3) is 0.0667. The molecule has 2 N–H and O–H groups in total. The Kier molecular flexibility index (Phi) is 5.44. The number of benzene rings is 1. The molecule has 0 atom stereocenters. The molecule has 9 nitrogen and oxygen atoms in total. The monoisotopic (exact) mass is 390 g/mol. The van der Waals surface area contributed by atoms with E-state index < -0.39 is 5.97 Å². The van der Waals surface area contributed by atoms with Crippen molar-refractivity contribution >= 4 is 41.1 Å². The summed E-state index contributed by atoms with van der Waals surface area (Å²) in [4.78, 5) is 26.9. The quantitative estimate of drug-likeness (QED) is 0.613. The molecule has 0 aliphatic carbocycles. The van der Waals surface area contributed by atoms with Crippen LogP contribution in [0.15, 0.2) is 47.8 Å². The van der Waals surface area contributed by atoms with Gasteiger partial charge in [-0.05, 0) is 46.8 Å². The molecule has 2 heterocycles. The van der Waals surface area contributed by atoms with Crippen LogP contribution in [0.25, 0.3) is 5.69 Å². The van der Waals surface area contributed by atoms with Gasteiger partial charge < -0.3 is 10.4 Å². The van der Waals surface area contributed by atoms with Crippen LogP contribution in [0.3, 0.4) is 0 Å². The van der Waals surface area contributed by atoms with E-state index in [1.165, 1.54) is 23.0 Å². The third-order valence-corrected chi connectivity index (χ3v) is 4.27. The molecule has 26 heavy (non-hydrogen) atoms. The largest absolute Gasteiger partial charge is 0.478 e. The molecule has 0 unspecified atom stereocenters. The van der Waals surface area contributed by atoms with Gasteiger partial charge in [0.1, 0.15) is 5.82 Å². The second-order valence-corrected chi connectivity index (χ2v) is 6.30. The lowest BCUT2D eigenvalue weighted by Crippen LogP contribution is -2.15. The van der Waals surface area contributed by atoms with E-state index in [1.807, 2.05) is 0 Å². The summed E-state index contributed by atoms with van der Waals surface area (Å²) in [6.45, 7) is 0. The summed E-state index contributed by atoms with van der Waals surface area (Å²) in [6.07, 6.45) is 1.44. The van der Waals surface area contributed by atoms with E-state index in [0.717, 1.165) is 11.8 Å². The van der Waals surface area contributed by atoms with Crippen LogP contribution in [0.5, 0.6) is 0 Å². The molecular weight excluding hydrogens is 380 g/mol. The summed E-state index contributed by atoms with van der Waals surface area (Å²) >= 11 is 6.88. The van der Waals surface area contributed by atoms with Crippen molar-refractivity contribution < 1.29 is 14.7 Å². The molecule has 0 aliphatic heterocycles. The molecule has 0 saturated carbocycles. The lowest BCUT2D eigenvalue weighted by molar-refractivity contribution is -0.113. The molecule has 2 aromatic heterocycles. The van der Waals surface area contributed by atoms with E-state index in [0.29, 0.717) is 21.7 Å². The number of rotatable bonds is 6. The first kappa shape index (κ1) is 17.8. The minimum absolute atomic E-state index is 0.0674. The topological polar surface area (TPSA) is 123 Å². The second kappa shape index (κ2) is 7.93. The number of carboxylic acid groups (broad SMARTS) is 1. The number of hydrogen-bond donors (Lipinski definition) is 2. The highest BCUT2D eigenvalue weighted by Gasteiger charge is 2.13. The smallest absolute Gasteiger partial charge is 0.335 e. The Balaban J connectivity index is 1.64. The highest BCUT2D eigenvalue weighted by Crippen LogP contribution is 2.19. The summed E-state index contributed by atoms with van der Waals surface area (Å²) in [5.41, 5.74) is 0.744. The van der Waals surface area contributed by atoms with Gasteiger partial charge in [0.05, 0.1) is 22.0 Å². The fourth-order valence-electron chi connectivity index (χ4n) is 1.93. The lowest BCUT2D eigenvalue weighted by Gasteiger charge is -2.05. The zero-order valence-electron chi connectivity index (χ0n) is 13.0. The maximum absolute atomic E-state index is 12.0. The first-order valence-corrected chi connectivity index (χ1v) is 8.55. The number of nitrogens with zero attached hydrogens (tertiary/aromatic N) is 5. The van der Waals surface area contributed by atoms with Crippen LogP contribution in [-0.2, 0) is 4.79 Å². The zero-order chi connectivity index (χ0) is 18.5. The van der Waals surface area contributed by atoms with Gasteiger partial charge in [-0.25, -0.2) is 9.78 Å². The van der Waals surface area contributed by atoms with Crippen molar-refractivity contribution in [1.29, 1.82) is 0 Å². The molecule has 1 aromatic carbocycles. The van der Waals surface area contributed by atoms with E-state index in [1.54, 1.807) is 24.3 Å². The number of tetrazole rings is 1. The number of carboxylic acids is 1. The van der Waals surface area contributed by atoms with Gasteiger partial charge in [0, 0.05) is 6.20 Å². The Morgan fingerprint density at radius 1 is 1.19 bits per heavy atom. The molecule has 0 radical (unpaired) electrons. The van der Waals surface area contributed by atoms with Crippen LogP contribution in [0.1, 0.15) is 10.4 Å². The molecular formula is C15H11ClN6O3S. The normalized spacial score (nSPS) is 10.5. The first-order valence-electron chi connectivity index (χ1n) is 7.19.